The molecule has 0 saturated carbocycles. The molecule has 0 fully saturated rings. The summed E-state index contributed by atoms with van der Waals surface area (Å²) in [6, 6.07) is 5.65. The molecule has 0 aliphatic carbocycles. The first-order valence-electron chi connectivity index (χ1n) is 4.07. The Kier molecular flexibility index (Phi) is 5.42. The number of thiocyanates is 2. The van der Waals surface area contributed by atoms with Crippen LogP contribution in [0.1, 0.15) is 11.1 Å². The van der Waals surface area contributed by atoms with Crippen molar-refractivity contribution in [1.82, 2.24) is 0 Å². The molecule has 0 N–H and O–H groups in total. The van der Waals surface area contributed by atoms with E-state index in [1.165, 1.54) is 11.8 Å². The molecule has 0 radical (unpaired) electrons. The van der Waals surface area contributed by atoms with Crippen LogP contribution in [0.3, 0.4) is 0 Å². The minimum absolute atomic E-state index is 0.584. The van der Waals surface area contributed by atoms with Crippen LogP contribution in [-0.4, -0.2) is 0 Å². The van der Waals surface area contributed by atoms with E-state index in [0.29, 0.717) is 16.5 Å². The summed E-state index contributed by atoms with van der Waals surface area (Å²) < 4.78 is 0. The first kappa shape index (κ1) is 12.3. The van der Waals surface area contributed by atoms with E-state index >= 15 is 0 Å². The van der Waals surface area contributed by atoms with Gasteiger partial charge in [-0.25, -0.2) is 0 Å². The highest BCUT2D eigenvalue weighted by Crippen LogP contribution is 2.23. The van der Waals surface area contributed by atoms with Gasteiger partial charge in [0.2, 0.25) is 0 Å². The van der Waals surface area contributed by atoms with Crippen molar-refractivity contribution in [3.8, 4) is 10.8 Å². The molecule has 0 spiro atoms. The number of nitrogens with zero attached hydrogens (tertiary/aromatic N) is 2. The molecular formula is C10H7ClN2S2. The second kappa shape index (κ2) is 6.63. The van der Waals surface area contributed by atoms with E-state index in [-0.39, 0.29) is 0 Å². The van der Waals surface area contributed by atoms with Crippen LogP contribution in [0.15, 0.2) is 18.2 Å². The molecule has 0 saturated heterocycles. The summed E-state index contributed by atoms with van der Waals surface area (Å²) in [5, 5.41) is 21.6. The molecule has 1 aromatic rings. The lowest BCUT2D eigenvalue weighted by molar-refractivity contribution is 1.33. The fourth-order valence-corrected chi connectivity index (χ4v) is 2.19. The molecule has 1 rings (SSSR count). The van der Waals surface area contributed by atoms with Crippen LogP contribution in [0.4, 0.5) is 0 Å². The number of hydrogen-bond donors (Lipinski definition) is 0. The topological polar surface area (TPSA) is 47.6 Å². The molecule has 0 aromatic heterocycles. The summed E-state index contributed by atoms with van der Waals surface area (Å²) in [5.41, 5.74) is 2.00. The lowest BCUT2D eigenvalue weighted by Crippen LogP contribution is -1.86. The number of hydrogen-bond acceptors (Lipinski definition) is 4. The molecule has 5 heteroatoms. The van der Waals surface area contributed by atoms with Crippen LogP contribution in [-0.2, 0) is 11.5 Å². The van der Waals surface area contributed by atoms with E-state index < -0.39 is 0 Å². The Morgan fingerprint density at radius 1 is 1.13 bits per heavy atom. The van der Waals surface area contributed by atoms with Crippen LogP contribution in [0, 0.1) is 21.3 Å². The van der Waals surface area contributed by atoms with E-state index in [1.807, 2.05) is 29.0 Å². The molecule has 0 heterocycles. The number of thioether (sulfide) groups is 2. The first-order valence-corrected chi connectivity index (χ1v) is 6.42. The predicted octanol–water partition coefficient (Wildman–Crippen LogP) is 3.77. The smallest absolute Gasteiger partial charge is 0.133 e. The van der Waals surface area contributed by atoms with Gasteiger partial charge >= 0.3 is 0 Å². The Balaban J connectivity index is 2.77. The summed E-state index contributed by atoms with van der Waals surface area (Å²) >= 11 is 8.32. The van der Waals surface area contributed by atoms with E-state index in [4.69, 9.17) is 22.1 Å². The van der Waals surface area contributed by atoms with Gasteiger partial charge in [0.25, 0.3) is 0 Å². The van der Waals surface area contributed by atoms with Gasteiger partial charge in [-0.3, -0.25) is 0 Å². The quantitative estimate of drug-likeness (QED) is 0.768. The SMILES string of the molecule is N#CSCc1ccc(Cl)c(CSC#N)c1. The molecule has 15 heavy (non-hydrogen) atoms. The summed E-state index contributed by atoms with van der Waals surface area (Å²) in [6.07, 6.45) is 0. The van der Waals surface area contributed by atoms with E-state index in [2.05, 4.69) is 0 Å². The van der Waals surface area contributed by atoms with Gasteiger partial charge in [0.1, 0.15) is 10.8 Å². The molecule has 0 aliphatic rings. The Hall–Kier alpha value is -0.810. The lowest BCUT2D eigenvalue weighted by atomic mass is 10.2. The molecular weight excluding hydrogens is 248 g/mol. The van der Waals surface area contributed by atoms with Gasteiger partial charge in [0.15, 0.2) is 0 Å². The van der Waals surface area contributed by atoms with Crippen molar-refractivity contribution in [3.05, 3.63) is 34.3 Å². The lowest BCUT2D eigenvalue weighted by Gasteiger charge is -2.03. The molecule has 0 aliphatic heterocycles. The summed E-state index contributed by atoms with van der Waals surface area (Å²) in [4.78, 5) is 0. The van der Waals surface area contributed by atoms with Crippen molar-refractivity contribution in [1.29, 1.82) is 10.5 Å². The maximum Gasteiger partial charge on any atom is 0.133 e. The van der Waals surface area contributed by atoms with Gasteiger partial charge in [-0.05, 0) is 40.7 Å². The molecule has 0 atom stereocenters. The van der Waals surface area contributed by atoms with Crippen molar-refractivity contribution in [2.24, 2.45) is 0 Å². The van der Waals surface area contributed by atoms with Gasteiger partial charge in [0.05, 0.1) is 0 Å². The highest BCUT2D eigenvalue weighted by molar-refractivity contribution is 8.03. The average molecular weight is 255 g/mol. The van der Waals surface area contributed by atoms with Crippen molar-refractivity contribution >= 4 is 35.1 Å². The zero-order valence-corrected chi connectivity index (χ0v) is 10.1. The van der Waals surface area contributed by atoms with Crippen LogP contribution < -0.4 is 0 Å². The first-order chi connectivity index (χ1) is 7.27. The van der Waals surface area contributed by atoms with Crippen molar-refractivity contribution in [3.63, 3.8) is 0 Å². The Morgan fingerprint density at radius 3 is 2.47 bits per heavy atom. The Labute approximate surface area is 102 Å². The highest BCUT2D eigenvalue weighted by Gasteiger charge is 2.02. The Bertz CT molecular complexity index is 420. The monoisotopic (exact) mass is 254 g/mol. The largest absolute Gasteiger partial charge is 0.185 e. The van der Waals surface area contributed by atoms with Gasteiger partial charge in [0, 0.05) is 16.5 Å². The fourth-order valence-electron chi connectivity index (χ4n) is 1.05. The molecule has 0 unspecified atom stereocenters. The summed E-state index contributed by atoms with van der Waals surface area (Å²) in [5.74, 6) is 1.23. The highest BCUT2D eigenvalue weighted by atomic mass is 35.5. The van der Waals surface area contributed by atoms with Gasteiger partial charge in [-0.2, -0.15) is 10.5 Å². The van der Waals surface area contributed by atoms with E-state index in [9.17, 15) is 0 Å². The van der Waals surface area contributed by atoms with Crippen molar-refractivity contribution in [2.45, 2.75) is 11.5 Å². The maximum atomic E-state index is 8.45. The number of benzene rings is 1. The van der Waals surface area contributed by atoms with Crippen LogP contribution in [0.5, 0.6) is 0 Å². The number of halogens is 1. The zero-order chi connectivity index (χ0) is 11.1. The van der Waals surface area contributed by atoms with Crippen LogP contribution in [0.2, 0.25) is 5.02 Å². The van der Waals surface area contributed by atoms with Gasteiger partial charge < -0.3 is 0 Å². The minimum atomic E-state index is 0.584. The van der Waals surface area contributed by atoms with Gasteiger partial charge in [-0.15, -0.1) is 0 Å². The normalized spacial score (nSPS) is 9.27. The average Bonchev–Trinajstić information content (AvgIpc) is 2.26. The third kappa shape index (κ3) is 4.05. The Morgan fingerprint density at radius 2 is 1.80 bits per heavy atom. The van der Waals surface area contributed by atoms with E-state index in [0.717, 1.165) is 22.9 Å². The molecule has 0 amide bonds. The number of rotatable bonds is 4. The fraction of sp³-hybridized carbons (Fsp3) is 0.200. The predicted molar refractivity (Wildman–Crippen MR) is 65.3 cm³/mol. The second-order valence-electron chi connectivity index (χ2n) is 2.69. The summed E-state index contributed by atoms with van der Waals surface area (Å²) in [7, 11) is 0. The van der Waals surface area contributed by atoms with E-state index in [1.54, 1.807) is 0 Å². The maximum absolute atomic E-state index is 8.45. The van der Waals surface area contributed by atoms with Crippen molar-refractivity contribution in [2.75, 3.05) is 0 Å². The zero-order valence-electron chi connectivity index (χ0n) is 7.74. The molecule has 0 bridgehead atoms. The molecule has 76 valence electrons. The molecule has 1 aromatic carbocycles. The van der Waals surface area contributed by atoms with Crippen LogP contribution >= 0.6 is 35.1 Å². The third-order valence-electron chi connectivity index (χ3n) is 1.71. The molecule has 2 nitrogen and oxygen atoms in total. The van der Waals surface area contributed by atoms with Crippen LogP contribution in [0.25, 0.3) is 0 Å². The second-order valence-corrected chi connectivity index (χ2v) is 4.61. The standard InChI is InChI=1S/C10H7ClN2S2/c11-10-2-1-8(4-14-6-12)3-9(10)5-15-7-13/h1-3H,4-5H2. The number of nitriles is 2. The minimum Gasteiger partial charge on any atom is -0.185 e. The third-order valence-corrected chi connectivity index (χ3v) is 3.27. The van der Waals surface area contributed by atoms with Gasteiger partial charge in [-0.1, -0.05) is 23.7 Å². The summed E-state index contributed by atoms with van der Waals surface area (Å²) in [6.45, 7) is 0. The van der Waals surface area contributed by atoms with Crippen molar-refractivity contribution < 1.29 is 0 Å².